The number of nitrogens with one attached hydrogen (secondary N) is 1. The molecule has 0 aromatic rings. The van der Waals surface area contributed by atoms with Crippen LogP contribution in [0.3, 0.4) is 0 Å². The van der Waals surface area contributed by atoms with Crippen molar-refractivity contribution in [2.75, 3.05) is 53.2 Å². The van der Waals surface area contributed by atoms with Gasteiger partial charge in [0.15, 0.2) is 0 Å². The first kappa shape index (κ1) is 20.8. The second-order valence-electron chi connectivity index (χ2n) is 5.31. The van der Waals surface area contributed by atoms with Crippen molar-refractivity contribution in [2.45, 2.75) is 51.6 Å². The highest BCUT2D eigenvalue weighted by Gasteiger charge is 2.03. The minimum absolute atomic E-state index is 0.408. The van der Waals surface area contributed by atoms with E-state index in [1.165, 1.54) is 19.3 Å². The molecule has 21 heavy (non-hydrogen) atoms. The Morgan fingerprint density at radius 3 is 2.43 bits per heavy atom. The molecule has 0 radical (unpaired) electrons. The van der Waals surface area contributed by atoms with E-state index >= 15 is 0 Å². The predicted octanol–water partition coefficient (Wildman–Crippen LogP) is 1.98. The van der Waals surface area contributed by atoms with Gasteiger partial charge in [-0.2, -0.15) is 0 Å². The van der Waals surface area contributed by atoms with Crippen molar-refractivity contribution in [3.8, 4) is 0 Å². The van der Waals surface area contributed by atoms with Gasteiger partial charge in [0.2, 0.25) is 0 Å². The van der Waals surface area contributed by atoms with Crippen LogP contribution in [0.5, 0.6) is 0 Å². The van der Waals surface area contributed by atoms with Crippen LogP contribution in [-0.4, -0.2) is 64.4 Å². The second-order valence-corrected chi connectivity index (χ2v) is 5.31. The maximum absolute atomic E-state index is 9.73. The molecule has 1 unspecified atom stereocenters. The van der Waals surface area contributed by atoms with Crippen LogP contribution < -0.4 is 5.32 Å². The first-order valence-electron chi connectivity index (χ1n) is 8.34. The van der Waals surface area contributed by atoms with Crippen LogP contribution in [0.15, 0.2) is 0 Å². The zero-order chi connectivity index (χ0) is 15.6. The fraction of sp³-hybridized carbons (Fsp3) is 1.00. The lowest BCUT2D eigenvalue weighted by atomic mass is 10.2. The predicted molar refractivity (Wildman–Crippen MR) is 85.8 cm³/mol. The highest BCUT2D eigenvalue weighted by atomic mass is 16.5. The summed E-state index contributed by atoms with van der Waals surface area (Å²) >= 11 is 0. The Morgan fingerprint density at radius 1 is 0.905 bits per heavy atom. The van der Waals surface area contributed by atoms with Gasteiger partial charge in [-0.3, -0.25) is 0 Å². The van der Waals surface area contributed by atoms with Gasteiger partial charge in [-0.05, 0) is 25.8 Å². The summed E-state index contributed by atoms with van der Waals surface area (Å²) in [5, 5.41) is 13.0. The molecule has 2 N–H and O–H groups in total. The molecular formula is C16H35NO4. The van der Waals surface area contributed by atoms with E-state index in [9.17, 15) is 5.11 Å². The maximum Gasteiger partial charge on any atom is 0.0897 e. The third kappa shape index (κ3) is 17.7. The first-order valence-corrected chi connectivity index (χ1v) is 8.34. The molecule has 0 amide bonds. The molecule has 0 spiro atoms. The van der Waals surface area contributed by atoms with Gasteiger partial charge in [0.05, 0.1) is 25.9 Å². The van der Waals surface area contributed by atoms with E-state index < -0.39 is 6.10 Å². The molecule has 5 nitrogen and oxygen atoms in total. The van der Waals surface area contributed by atoms with Crippen LogP contribution in [0, 0.1) is 0 Å². The molecule has 0 aromatic carbocycles. The van der Waals surface area contributed by atoms with Gasteiger partial charge >= 0.3 is 0 Å². The molecule has 0 aliphatic carbocycles. The van der Waals surface area contributed by atoms with Gasteiger partial charge in [-0.15, -0.1) is 0 Å². The Balaban J connectivity index is 3.10. The largest absolute Gasteiger partial charge is 0.389 e. The molecule has 128 valence electrons. The summed E-state index contributed by atoms with van der Waals surface area (Å²) in [5.74, 6) is 0. The Morgan fingerprint density at radius 2 is 1.67 bits per heavy atom. The summed E-state index contributed by atoms with van der Waals surface area (Å²) in [5.41, 5.74) is 0. The fourth-order valence-electron chi connectivity index (χ4n) is 1.88. The standard InChI is InChI=1S/C16H35NO4/c1-3-4-5-7-11-21-15-16(18)14-17-9-6-8-10-20-13-12-19-2/h16-18H,3-15H2,1-2H3. The van der Waals surface area contributed by atoms with Crippen molar-refractivity contribution in [1.29, 1.82) is 0 Å². The minimum Gasteiger partial charge on any atom is -0.389 e. The summed E-state index contributed by atoms with van der Waals surface area (Å²) in [6, 6.07) is 0. The summed E-state index contributed by atoms with van der Waals surface area (Å²) in [6.45, 7) is 6.98. The fourth-order valence-corrected chi connectivity index (χ4v) is 1.88. The molecule has 0 aromatic heterocycles. The molecule has 0 heterocycles. The maximum atomic E-state index is 9.73. The van der Waals surface area contributed by atoms with Crippen molar-refractivity contribution in [1.82, 2.24) is 5.32 Å². The van der Waals surface area contributed by atoms with Crippen LogP contribution in [0.1, 0.15) is 45.4 Å². The number of unbranched alkanes of at least 4 members (excludes halogenated alkanes) is 4. The summed E-state index contributed by atoms with van der Waals surface area (Å²) < 4.78 is 15.7. The zero-order valence-electron chi connectivity index (χ0n) is 13.9. The van der Waals surface area contributed by atoms with Crippen LogP contribution in [0.2, 0.25) is 0 Å². The molecule has 0 aliphatic heterocycles. The number of ether oxygens (including phenoxy) is 3. The zero-order valence-corrected chi connectivity index (χ0v) is 13.9. The highest BCUT2D eigenvalue weighted by Crippen LogP contribution is 1.99. The van der Waals surface area contributed by atoms with Crippen LogP contribution in [0.4, 0.5) is 0 Å². The summed E-state index contributed by atoms with van der Waals surface area (Å²) in [4.78, 5) is 0. The highest BCUT2D eigenvalue weighted by molar-refractivity contribution is 4.58. The normalized spacial score (nSPS) is 12.7. The Hall–Kier alpha value is -0.200. The van der Waals surface area contributed by atoms with Gasteiger partial charge in [0.25, 0.3) is 0 Å². The van der Waals surface area contributed by atoms with E-state index in [0.29, 0.717) is 26.4 Å². The lowest BCUT2D eigenvalue weighted by Gasteiger charge is -2.12. The van der Waals surface area contributed by atoms with Crippen molar-refractivity contribution in [2.24, 2.45) is 0 Å². The third-order valence-electron chi connectivity index (χ3n) is 3.16. The number of aliphatic hydroxyl groups is 1. The van der Waals surface area contributed by atoms with Crippen LogP contribution in [0.25, 0.3) is 0 Å². The van der Waals surface area contributed by atoms with Gasteiger partial charge in [-0.1, -0.05) is 26.2 Å². The Kier molecular flexibility index (Phi) is 17.7. The quantitative estimate of drug-likeness (QED) is 0.402. The number of aliphatic hydroxyl groups excluding tert-OH is 1. The summed E-state index contributed by atoms with van der Waals surface area (Å²) in [7, 11) is 1.67. The lowest BCUT2D eigenvalue weighted by molar-refractivity contribution is 0.0353. The molecule has 5 heteroatoms. The van der Waals surface area contributed by atoms with Crippen molar-refractivity contribution in [3.63, 3.8) is 0 Å². The number of methoxy groups -OCH3 is 1. The minimum atomic E-state index is -0.408. The Bertz CT molecular complexity index is 193. The summed E-state index contributed by atoms with van der Waals surface area (Å²) in [6.07, 6.45) is 6.49. The van der Waals surface area contributed by atoms with Crippen molar-refractivity contribution >= 4 is 0 Å². The lowest BCUT2D eigenvalue weighted by Crippen LogP contribution is -2.31. The van der Waals surface area contributed by atoms with Gasteiger partial charge in [-0.25, -0.2) is 0 Å². The smallest absolute Gasteiger partial charge is 0.0897 e. The number of rotatable bonds is 17. The average Bonchev–Trinajstić information content (AvgIpc) is 2.49. The molecule has 0 saturated heterocycles. The molecule has 0 aliphatic rings. The molecule has 0 saturated carbocycles. The van der Waals surface area contributed by atoms with Crippen LogP contribution >= 0.6 is 0 Å². The third-order valence-corrected chi connectivity index (χ3v) is 3.16. The van der Waals surface area contributed by atoms with Crippen LogP contribution in [-0.2, 0) is 14.2 Å². The second kappa shape index (κ2) is 17.9. The average molecular weight is 305 g/mol. The molecule has 1 atom stereocenters. The first-order chi connectivity index (χ1) is 10.3. The van der Waals surface area contributed by atoms with E-state index in [1.807, 2.05) is 0 Å². The van der Waals surface area contributed by atoms with Crippen molar-refractivity contribution in [3.05, 3.63) is 0 Å². The van der Waals surface area contributed by atoms with E-state index in [0.717, 1.165) is 39.0 Å². The number of hydrogen-bond donors (Lipinski definition) is 2. The van der Waals surface area contributed by atoms with Gasteiger partial charge < -0.3 is 24.6 Å². The van der Waals surface area contributed by atoms with Crippen molar-refractivity contribution < 1.29 is 19.3 Å². The Labute approximate surface area is 130 Å². The number of hydrogen-bond acceptors (Lipinski definition) is 5. The SMILES string of the molecule is CCCCCCOCC(O)CNCCCCOCCOC. The van der Waals surface area contributed by atoms with E-state index in [4.69, 9.17) is 14.2 Å². The van der Waals surface area contributed by atoms with E-state index in [1.54, 1.807) is 7.11 Å². The molecular weight excluding hydrogens is 270 g/mol. The topological polar surface area (TPSA) is 60.0 Å². The van der Waals surface area contributed by atoms with E-state index in [2.05, 4.69) is 12.2 Å². The van der Waals surface area contributed by atoms with Gasteiger partial charge in [0, 0.05) is 26.9 Å². The molecule has 0 fully saturated rings. The monoisotopic (exact) mass is 305 g/mol. The van der Waals surface area contributed by atoms with E-state index in [-0.39, 0.29) is 0 Å². The molecule has 0 rings (SSSR count). The molecule has 0 bridgehead atoms. The van der Waals surface area contributed by atoms with Gasteiger partial charge in [0.1, 0.15) is 0 Å².